The lowest BCUT2D eigenvalue weighted by Crippen LogP contribution is -2.06. The van der Waals surface area contributed by atoms with E-state index in [-0.39, 0.29) is 0 Å². The monoisotopic (exact) mass is 887 g/mol. The largest absolute Gasteiger partial charge is 0.416 e. The Bertz CT molecular complexity index is 3510. The van der Waals surface area contributed by atoms with Crippen LogP contribution in [0, 0.1) is 20.8 Å². The summed E-state index contributed by atoms with van der Waals surface area (Å²) in [5.74, 6) is 0.451. The van der Waals surface area contributed by atoms with Gasteiger partial charge in [-0.3, -0.25) is 0 Å². The molecule has 328 valence electrons. The second-order valence-corrected chi connectivity index (χ2v) is 17.6. The fourth-order valence-electron chi connectivity index (χ4n) is 9.33. The smallest absolute Gasteiger partial charge is 0.308 e. The first-order valence-corrected chi connectivity index (χ1v) is 22.7. The molecule has 9 aromatic carbocycles. The summed E-state index contributed by atoms with van der Waals surface area (Å²) in [4.78, 5) is 10.5. The molecular weight excluding hydrogens is 844 g/mol. The molecule has 0 radical (unpaired) electrons. The molecule has 0 fully saturated rings. The second kappa shape index (κ2) is 17.1. The first kappa shape index (κ1) is 42.3. The van der Waals surface area contributed by atoms with Crippen molar-refractivity contribution in [1.82, 2.24) is 14.5 Å². The molecule has 0 atom stereocenters. The molecule has 2 heterocycles. The maximum Gasteiger partial charge on any atom is 0.416 e. The van der Waals surface area contributed by atoms with Crippen molar-refractivity contribution in [2.75, 3.05) is 0 Å². The summed E-state index contributed by atoms with van der Waals surface area (Å²) >= 11 is 0. The van der Waals surface area contributed by atoms with Gasteiger partial charge >= 0.3 is 6.18 Å². The molecule has 0 saturated carbocycles. The van der Waals surface area contributed by atoms with Gasteiger partial charge in [0.1, 0.15) is 0 Å². The van der Waals surface area contributed by atoms with E-state index in [4.69, 9.17) is 9.97 Å². The van der Waals surface area contributed by atoms with Crippen LogP contribution in [0.3, 0.4) is 0 Å². The van der Waals surface area contributed by atoms with Gasteiger partial charge in [0.15, 0.2) is 5.82 Å². The van der Waals surface area contributed by atoms with Gasteiger partial charge in [0.25, 0.3) is 0 Å². The van der Waals surface area contributed by atoms with E-state index >= 15 is 0 Å². The van der Waals surface area contributed by atoms with E-state index in [1.54, 1.807) is 6.07 Å². The number of hydrogen-bond acceptors (Lipinski definition) is 2. The van der Waals surface area contributed by atoms with Crippen LogP contribution in [0.15, 0.2) is 212 Å². The quantitative estimate of drug-likeness (QED) is 0.152. The van der Waals surface area contributed by atoms with Crippen LogP contribution in [0.4, 0.5) is 13.2 Å². The SMILES string of the molecule is Cc1ccc(-c2ccc3c(c2)c2cc(-c4ccc(C)cc4)ccc2n3-c2c(-c3cccc(C)c3)cc(-c3nc(-c4ccccc4)cc(-c4ccccc4)n3)cc2-c2cccc(C(F)(F)F)c2)cc1. The number of benzene rings is 9. The molecule has 0 unspecified atom stereocenters. The first-order valence-electron chi connectivity index (χ1n) is 22.7. The van der Waals surface area contributed by atoms with E-state index in [2.05, 4.69) is 135 Å². The Balaban J connectivity index is 1.26. The van der Waals surface area contributed by atoms with Crippen molar-refractivity contribution in [3.8, 4) is 84.1 Å². The first-order chi connectivity index (χ1) is 33.0. The fraction of sp³-hybridized carbons (Fsp3) is 0.0645. The number of fused-ring (bicyclic) bond motifs is 3. The highest BCUT2D eigenvalue weighted by Gasteiger charge is 2.31. The van der Waals surface area contributed by atoms with Crippen molar-refractivity contribution in [3.63, 3.8) is 0 Å². The summed E-state index contributed by atoms with van der Waals surface area (Å²) in [7, 11) is 0. The minimum Gasteiger partial charge on any atom is -0.308 e. The Morgan fingerprint density at radius 1 is 0.353 bits per heavy atom. The third kappa shape index (κ3) is 8.04. The Hall–Kier alpha value is -8.35. The molecular formula is C62H44F3N3. The van der Waals surface area contributed by atoms with Crippen molar-refractivity contribution in [2.45, 2.75) is 26.9 Å². The maximum atomic E-state index is 14.8. The molecule has 11 aromatic rings. The van der Waals surface area contributed by atoms with Crippen LogP contribution in [0.25, 0.3) is 106 Å². The highest BCUT2D eigenvalue weighted by atomic mass is 19.4. The highest BCUT2D eigenvalue weighted by Crippen LogP contribution is 2.46. The number of aromatic nitrogens is 3. The lowest BCUT2D eigenvalue weighted by molar-refractivity contribution is -0.137. The predicted octanol–water partition coefficient (Wildman–Crippen LogP) is 17.2. The second-order valence-electron chi connectivity index (χ2n) is 17.6. The molecule has 3 nitrogen and oxygen atoms in total. The third-order valence-corrected chi connectivity index (χ3v) is 12.8. The standard InChI is InChI=1S/C62H44F3N3/c1-39-20-24-42(25-21-39)46-28-30-58-54(34-46)55-35-47(43-26-22-40(2)23-27-43)29-31-59(55)68(58)60-52(48-17-10-12-41(3)32-48)36-50(37-53(60)49-18-11-19-51(33-49)62(63,64)65)61-66-56(44-13-6-4-7-14-44)38-57(67-61)45-15-8-5-9-16-45/h4-38H,1-3H3. The van der Waals surface area contributed by atoms with Gasteiger partial charge in [-0.25, -0.2) is 9.97 Å². The number of nitrogens with zero attached hydrogens (tertiary/aromatic N) is 3. The Morgan fingerprint density at radius 3 is 1.29 bits per heavy atom. The molecule has 68 heavy (non-hydrogen) atoms. The lowest BCUT2D eigenvalue weighted by atomic mass is 9.91. The van der Waals surface area contributed by atoms with Crippen LogP contribution in [0.5, 0.6) is 0 Å². The van der Waals surface area contributed by atoms with Crippen LogP contribution < -0.4 is 0 Å². The van der Waals surface area contributed by atoms with Crippen LogP contribution in [-0.2, 0) is 6.18 Å². The van der Waals surface area contributed by atoms with Gasteiger partial charge in [0, 0.05) is 38.6 Å². The summed E-state index contributed by atoms with van der Waals surface area (Å²) in [5.41, 5.74) is 16.3. The average molecular weight is 888 g/mol. The molecule has 0 bridgehead atoms. The normalized spacial score (nSPS) is 11.7. The van der Waals surface area contributed by atoms with Gasteiger partial charge < -0.3 is 4.57 Å². The van der Waals surface area contributed by atoms with E-state index in [9.17, 15) is 13.2 Å². The summed E-state index contributed by atoms with van der Waals surface area (Å²) in [6.07, 6.45) is -4.57. The van der Waals surface area contributed by atoms with E-state index in [0.29, 0.717) is 22.5 Å². The van der Waals surface area contributed by atoms with E-state index in [1.165, 1.54) is 23.3 Å². The van der Waals surface area contributed by atoms with E-state index in [1.807, 2.05) is 78.9 Å². The van der Waals surface area contributed by atoms with Gasteiger partial charge in [-0.05, 0) is 109 Å². The van der Waals surface area contributed by atoms with Crippen LogP contribution in [-0.4, -0.2) is 14.5 Å². The van der Waals surface area contributed by atoms with Gasteiger partial charge in [0.2, 0.25) is 0 Å². The zero-order valence-corrected chi connectivity index (χ0v) is 37.7. The van der Waals surface area contributed by atoms with E-state index < -0.39 is 11.7 Å². The van der Waals surface area contributed by atoms with Gasteiger partial charge in [-0.2, -0.15) is 13.2 Å². The Kier molecular flexibility index (Phi) is 10.7. The molecule has 6 heteroatoms. The number of aryl methyl sites for hydroxylation is 3. The summed E-state index contributed by atoms with van der Waals surface area (Å²) in [6.45, 7) is 6.22. The van der Waals surface area contributed by atoms with Crippen molar-refractivity contribution in [1.29, 1.82) is 0 Å². The molecule has 11 rings (SSSR count). The summed E-state index contributed by atoms with van der Waals surface area (Å²) in [6, 6.07) is 70.1. The van der Waals surface area contributed by atoms with Crippen LogP contribution in [0.2, 0.25) is 0 Å². The Labute approximate surface area is 393 Å². The zero-order chi connectivity index (χ0) is 46.5. The Morgan fingerprint density at radius 2 is 0.809 bits per heavy atom. The molecule has 0 spiro atoms. The van der Waals surface area contributed by atoms with Crippen molar-refractivity contribution in [3.05, 3.63) is 235 Å². The molecule has 0 aliphatic rings. The highest BCUT2D eigenvalue weighted by molar-refractivity contribution is 6.13. The minimum atomic E-state index is -4.57. The van der Waals surface area contributed by atoms with Crippen LogP contribution >= 0.6 is 0 Å². The van der Waals surface area contributed by atoms with Crippen LogP contribution in [0.1, 0.15) is 22.3 Å². The third-order valence-electron chi connectivity index (χ3n) is 12.8. The molecule has 0 amide bonds. The molecule has 0 saturated heterocycles. The van der Waals surface area contributed by atoms with Crippen molar-refractivity contribution in [2.24, 2.45) is 0 Å². The summed E-state index contributed by atoms with van der Waals surface area (Å²) in [5, 5.41) is 2.04. The molecule has 2 aromatic heterocycles. The topological polar surface area (TPSA) is 30.7 Å². The molecule has 0 aliphatic carbocycles. The number of halogens is 3. The number of rotatable bonds is 8. The van der Waals surface area contributed by atoms with Crippen molar-refractivity contribution >= 4 is 21.8 Å². The average Bonchev–Trinajstić information content (AvgIpc) is 3.69. The van der Waals surface area contributed by atoms with Gasteiger partial charge in [0.05, 0.1) is 33.7 Å². The molecule has 0 N–H and O–H groups in total. The lowest BCUT2D eigenvalue weighted by Gasteiger charge is -2.22. The maximum absolute atomic E-state index is 14.8. The number of hydrogen-bond donors (Lipinski definition) is 0. The molecule has 0 aliphatic heterocycles. The van der Waals surface area contributed by atoms with Gasteiger partial charge in [-0.15, -0.1) is 0 Å². The number of alkyl halides is 3. The summed E-state index contributed by atoms with van der Waals surface area (Å²) < 4.78 is 46.6. The van der Waals surface area contributed by atoms with E-state index in [0.717, 1.165) is 95.0 Å². The predicted molar refractivity (Wildman–Crippen MR) is 274 cm³/mol. The fourth-order valence-corrected chi connectivity index (χ4v) is 9.33. The zero-order valence-electron chi connectivity index (χ0n) is 37.7. The minimum absolute atomic E-state index is 0.413. The van der Waals surface area contributed by atoms with Gasteiger partial charge in [-0.1, -0.05) is 174 Å². The van der Waals surface area contributed by atoms with Crippen molar-refractivity contribution < 1.29 is 13.2 Å².